The van der Waals surface area contributed by atoms with E-state index in [-0.39, 0.29) is 0 Å². The molecule has 0 spiro atoms. The lowest BCUT2D eigenvalue weighted by atomic mass is 9.84. The van der Waals surface area contributed by atoms with Crippen LogP contribution in [-0.2, 0) is 0 Å². The minimum absolute atomic E-state index is 0.382. The predicted molar refractivity (Wildman–Crippen MR) is 70.2 cm³/mol. The van der Waals surface area contributed by atoms with Crippen LogP contribution in [-0.4, -0.2) is 13.1 Å². The van der Waals surface area contributed by atoms with Gasteiger partial charge in [-0.05, 0) is 37.3 Å². The summed E-state index contributed by atoms with van der Waals surface area (Å²) < 4.78 is 0. The molecule has 0 heterocycles. The first-order valence-corrected chi connectivity index (χ1v) is 6.26. The third-order valence-corrected chi connectivity index (χ3v) is 2.62. The van der Waals surface area contributed by atoms with E-state index in [9.17, 15) is 0 Å². The summed E-state index contributed by atoms with van der Waals surface area (Å²) in [6.07, 6.45) is 3.58. The first kappa shape index (κ1) is 14.7. The summed E-state index contributed by atoms with van der Waals surface area (Å²) in [6.45, 7) is 17.7. The molecule has 0 aromatic rings. The molecule has 0 saturated carbocycles. The van der Waals surface area contributed by atoms with Gasteiger partial charge in [0.15, 0.2) is 0 Å². The van der Waals surface area contributed by atoms with E-state index in [4.69, 9.17) is 0 Å². The van der Waals surface area contributed by atoms with Gasteiger partial charge in [0.1, 0.15) is 0 Å². The van der Waals surface area contributed by atoms with Crippen LogP contribution in [0, 0.1) is 11.3 Å². The summed E-state index contributed by atoms with van der Waals surface area (Å²) >= 11 is 0. The molecule has 1 heteroatoms. The third-order valence-electron chi connectivity index (χ3n) is 2.62. The summed E-state index contributed by atoms with van der Waals surface area (Å²) in [4.78, 5) is 0. The molecule has 1 atom stereocenters. The summed E-state index contributed by atoms with van der Waals surface area (Å²) in [5, 5.41) is 3.43. The molecule has 0 aliphatic carbocycles. The second kappa shape index (κ2) is 7.05. The molecular formula is C14H29N. The van der Waals surface area contributed by atoms with Crippen molar-refractivity contribution in [3.63, 3.8) is 0 Å². The molecule has 15 heavy (non-hydrogen) atoms. The van der Waals surface area contributed by atoms with Gasteiger partial charge in [-0.1, -0.05) is 53.2 Å². The van der Waals surface area contributed by atoms with Crippen LogP contribution in [0.2, 0.25) is 0 Å². The molecule has 0 aliphatic rings. The summed E-state index contributed by atoms with van der Waals surface area (Å²) in [5.41, 5.74) is 1.79. The van der Waals surface area contributed by atoms with Gasteiger partial charge in [0.05, 0.1) is 0 Å². The molecule has 0 rings (SSSR count). The average Bonchev–Trinajstić information content (AvgIpc) is 2.09. The topological polar surface area (TPSA) is 12.0 Å². The molecule has 0 aliphatic heterocycles. The zero-order valence-corrected chi connectivity index (χ0v) is 11.3. The van der Waals surface area contributed by atoms with Gasteiger partial charge < -0.3 is 5.32 Å². The Balaban J connectivity index is 3.91. The van der Waals surface area contributed by atoms with Gasteiger partial charge in [-0.15, -0.1) is 0 Å². The highest BCUT2D eigenvalue weighted by Gasteiger charge is 2.14. The normalized spacial score (nSPS) is 13.9. The van der Waals surface area contributed by atoms with Crippen LogP contribution in [0.3, 0.4) is 0 Å². The molecule has 0 aromatic heterocycles. The third kappa shape index (κ3) is 8.68. The van der Waals surface area contributed by atoms with Crippen LogP contribution in [0.4, 0.5) is 0 Å². The van der Waals surface area contributed by atoms with E-state index in [1.54, 1.807) is 0 Å². The highest BCUT2D eigenvalue weighted by molar-refractivity contribution is 4.99. The Hall–Kier alpha value is -0.300. The maximum atomic E-state index is 4.21. The van der Waals surface area contributed by atoms with E-state index in [0.717, 1.165) is 25.4 Å². The standard InChI is InChI=1S/C14H29N/c1-7-13(11-15-8-2)9-12(3)10-14(4,5)6/h13,15H,3,7-11H2,1-2,4-6H3. The Morgan fingerprint density at radius 3 is 2.27 bits per heavy atom. The SMILES string of the molecule is C=C(CC(CC)CNCC)CC(C)(C)C. The van der Waals surface area contributed by atoms with Crippen molar-refractivity contribution >= 4 is 0 Å². The number of nitrogens with one attached hydrogen (secondary N) is 1. The number of allylic oxidation sites excluding steroid dienone is 1. The lowest BCUT2D eigenvalue weighted by Gasteiger charge is -2.23. The van der Waals surface area contributed by atoms with E-state index in [1.165, 1.54) is 18.4 Å². The fraction of sp³-hybridized carbons (Fsp3) is 0.857. The molecule has 0 bridgehead atoms. The van der Waals surface area contributed by atoms with Crippen LogP contribution < -0.4 is 5.32 Å². The highest BCUT2D eigenvalue weighted by atomic mass is 14.8. The number of hydrogen-bond acceptors (Lipinski definition) is 1. The Morgan fingerprint density at radius 1 is 1.27 bits per heavy atom. The Kier molecular flexibility index (Phi) is 6.91. The fourth-order valence-electron chi connectivity index (χ4n) is 1.94. The van der Waals surface area contributed by atoms with E-state index in [0.29, 0.717) is 5.41 Å². The van der Waals surface area contributed by atoms with Crippen molar-refractivity contribution in [3.05, 3.63) is 12.2 Å². The Bertz CT molecular complexity index is 176. The first-order valence-electron chi connectivity index (χ1n) is 6.26. The minimum atomic E-state index is 0.382. The van der Waals surface area contributed by atoms with Gasteiger partial charge in [0.2, 0.25) is 0 Å². The summed E-state index contributed by atoms with van der Waals surface area (Å²) in [5.74, 6) is 0.764. The number of hydrogen-bond donors (Lipinski definition) is 1. The van der Waals surface area contributed by atoms with Gasteiger partial charge in [-0.25, -0.2) is 0 Å². The lowest BCUT2D eigenvalue weighted by molar-refractivity contribution is 0.385. The average molecular weight is 211 g/mol. The van der Waals surface area contributed by atoms with Crippen molar-refractivity contribution < 1.29 is 0 Å². The van der Waals surface area contributed by atoms with Gasteiger partial charge in [-0.2, -0.15) is 0 Å². The maximum Gasteiger partial charge on any atom is -0.00177 e. The van der Waals surface area contributed by atoms with Crippen molar-refractivity contribution in [3.8, 4) is 0 Å². The van der Waals surface area contributed by atoms with Crippen LogP contribution in [0.15, 0.2) is 12.2 Å². The summed E-state index contributed by atoms with van der Waals surface area (Å²) in [7, 11) is 0. The molecule has 0 radical (unpaired) electrons. The molecule has 1 N–H and O–H groups in total. The molecule has 0 amide bonds. The molecule has 0 fully saturated rings. The van der Waals surface area contributed by atoms with E-state index in [1.807, 2.05) is 0 Å². The second-order valence-electron chi connectivity index (χ2n) is 5.77. The van der Waals surface area contributed by atoms with Gasteiger partial charge in [0, 0.05) is 0 Å². The smallest absolute Gasteiger partial charge is 0.00177 e. The molecule has 1 unspecified atom stereocenters. The Morgan fingerprint density at radius 2 is 1.87 bits per heavy atom. The molecule has 0 saturated heterocycles. The van der Waals surface area contributed by atoms with Crippen LogP contribution in [0.25, 0.3) is 0 Å². The zero-order chi connectivity index (χ0) is 11.9. The van der Waals surface area contributed by atoms with Crippen molar-refractivity contribution in [2.24, 2.45) is 11.3 Å². The van der Waals surface area contributed by atoms with Crippen molar-refractivity contribution in [2.75, 3.05) is 13.1 Å². The largest absolute Gasteiger partial charge is 0.317 e. The van der Waals surface area contributed by atoms with Gasteiger partial charge in [0.25, 0.3) is 0 Å². The van der Waals surface area contributed by atoms with Crippen molar-refractivity contribution in [1.29, 1.82) is 0 Å². The maximum absolute atomic E-state index is 4.21. The summed E-state index contributed by atoms with van der Waals surface area (Å²) in [6, 6.07) is 0. The highest BCUT2D eigenvalue weighted by Crippen LogP contribution is 2.27. The van der Waals surface area contributed by atoms with Crippen LogP contribution in [0.5, 0.6) is 0 Å². The van der Waals surface area contributed by atoms with Crippen molar-refractivity contribution in [1.82, 2.24) is 5.32 Å². The fourth-order valence-corrected chi connectivity index (χ4v) is 1.94. The molecule has 1 nitrogen and oxygen atoms in total. The first-order chi connectivity index (χ1) is 6.89. The molecule has 0 aromatic carbocycles. The van der Waals surface area contributed by atoms with Gasteiger partial charge >= 0.3 is 0 Å². The molecule has 90 valence electrons. The Labute approximate surface area is 96.3 Å². The van der Waals surface area contributed by atoms with Gasteiger partial charge in [-0.3, -0.25) is 0 Å². The van der Waals surface area contributed by atoms with E-state index < -0.39 is 0 Å². The van der Waals surface area contributed by atoms with E-state index in [2.05, 4.69) is 46.5 Å². The monoisotopic (exact) mass is 211 g/mol. The lowest BCUT2D eigenvalue weighted by Crippen LogP contribution is -2.22. The zero-order valence-electron chi connectivity index (χ0n) is 11.3. The van der Waals surface area contributed by atoms with Crippen LogP contribution >= 0.6 is 0 Å². The minimum Gasteiger partial charge on any atom is -0.317 e. The number of rotatable bonds is 7. The molecular weight excluding hydrogens is 182 g/mol. The second-order valence-corrected chi connectivity index (χ2v) is 5.77. The predicted octanol–water partition coefficient (Wildman–Crippen LogP) is 4.00. The van der Waals surface area contributed by atoms with E-state index >= 15 is 0 Å². The quantitative estimate of drug-likeness (QED) is 0.628. The van der Waals surface area contributed by atoms with Crippen molar-refractivity contribution in [2.45, 2.75) is 53.9 Å². The van der Waals surface area contributed by atoms with Crippen LogP contribution in [0.1, 0.15) is 53.9 Å².